The highest BCUT2D eigenvalue weighted by Gasteiger charge is 2.20. The largest absolute Gasteiger partial charge is 0.431 e. The molecule has 1 aromatic heterocycles. The van der Waals surface area contributed by atoms with E-state index in [0.717, 1.165) is 5.56 Å². The minimum absolute atomic E-state index is 0.0875. The maximum atomic E-state index is 12.5. The Balaban J connectivity index is 1.90. The van der Waals surface area contributed by atoms with Crippen LogP contribution >= 0.6 is 11.6 Å². The van der Waals surface area contributed by atoms with Crippen molar-refractivity contribution in [2.45, 2.75) is 11.8 Å². The van der Waals surface area contributed by atoms with Gasteiger partial charge < -0.3 is 4.42 Å². The zero-order chi connectivity index (χ0) is 16.4. The quantitative estimate of drug-likeness (QED) is 0.770. The summed E-state index contributed by atoms with van der Waals surface area (Å²) in [4.78, 5) is 4.24. The molecule has 0 aliphatic heterocycles. The molecule has 0 unspecified atom stereocenters. The number of hydrogen-bond donors (Lipinski definition) is 1. The van der Waals surface area contributed by atoms with E-state index in [1.54, 1.807) is 19.1 Å². The SMILES string of the molecule is Cc1c(Cl)cccc1S(=O)(=O)Nc1nc(-c2ccccc2)co1. The summed E-state index contributed by atoms with van der Waals surface area (Å²) >= 11 is 5.98. The third-order valence-corrected chi connectivity index (χ3v) is 5.18. The Labute approximate surface area is 139 Å². The van der Waals surface area contributed by atoms with Gasteiger partial charge in [-0.2, -0.15) is 4.98 Å². The molecular weight excluding hydrogens is 336 g/mol. The lowest BCUT2D eigenvalue weighted by Crippen LogP contribution is -2.14. The van der Waals surface area contributed by atoms with Crippen molar-refractivity contribution < 1.29 is 12.8 Å². The molecule has 0 atom stereocenters. The molecule has 5 nitrogen and oxygen atoms in total. The predicted octanol–water partition coefficient (Wildman–Crippen LogP) is 4.10. The Morgan fingerprint density at radius 3 is 2.57 bits per heavy atom. The summed E-state index contributed by atoms with van der Waals surface area (Å²) in [5.74, 6) is 0. The van der Waals surface area contributed by atoms with E-state index in [2.05, 4.69) is 9.71 Å². The molecule has 0 fully saturated rings. The van der Waals surface area contributed by atoms with Crippen LogP contribution in [0.25, 0.3) is 11.3 Å². The first kappa shape index (κ1) is 15.6. The van der Waals surface area contributed by atoms with E-state index in [-0.39, 0.29) is 10.9 Å². The van der Waals surface area contributed by atoms with Crippen LogP contribution in [0.15, 0.2) is 64.1 Å². The molecule has 0 bridgehead atoms. The van der Waals surface area contributed by atoms with Crippen LogP contribution in [0.1, 0.15) is 5.56 Å². The summed E-state index contributed by atoms with van der Waals surface area (Å²) in [6, 6.07) is 13.9. The van der Waals surface area contributed by atoms with Crippen LogP contribution in [0.2, 0.25) is 5.02 Å². The second-order valence-corrected chi connectivity index (χ2v) is 6.93. The normalized spacial score (nSPS) is 11.4. The second-order valence-electron chi connectivity index (χ2n) is 4.87. The highest BCUT2D eigenvalue weighted by molar-refractivity contribution is 7.92. The lowest BCUT2D eigenvalue weighted by molar-refractivity contribution is 0.570. The van der Waals surface area contributed by atoms with E-state index in [0.29, 0.717) is 16.3 Å². The zero-order valence-corrected chi connectivity index (χ0v) is 13.7. The van der Waals surface area contributed by atoms with Gasteiger partial charge in [-0.3, -0.25) is 0 Å². The number of benzene rings is 2. The highest BCUT2D eigenvalue weighted by Crippen LogP contribution is 2.26. The number of rotatable bonds is 4. The fraction of sp³-hybridized carbons (Fsp3) is 0.0625. The molecule has 0 aliphatic carbocycles. The van der Waals surface area contributed by atoms with Crippen molar-refractivity contribution in [3.63, 3.8) is 0 Å². The van der Waals surface area contributed by atoms with Crippen LogP contribution < -0.4 is 4.72 Å². The Hall–Kier alpha value is -2.31. The minimum Gasteiger partial charge on any atom is -0.431 e. The Kier molecular flexibility index (Phi) is 4.11. The van der Waals surface area contributed by atoms with Gasteiger partial charge in [0.2, 0.25) is 0 Å². The third kappa shape index (κ3) is 3.23. The van der Waals surface area contributed by atoms with Crippen molar-refractivity contribution in [1.29, 1.82) is 0 Å². The molecule has 0 spiro atoms. The summed E-state index contributed by atoms with van der Waals surface area (Å²) in [7, 11) is -3.83. The molecule has 0 saturated heterocycles. The highest BCUT2D eigenvalue weighted by atomic mass is 35.5. The van der Waals surface area contributed by atoms with Crippen molar-refractivity contribution in [1.82, 2.24) is 4.98 Å². The van der Waals surface area contributed by atoms with Crippen LogP contribution in [0.5, 0.6) is 0 Å². The van der Waals surface area contributed by atoms with Gasteiger partial charge in [0.15, 0.2) is 0 Å². The van der Waals surface area contributed by atoms with E-state index >= 15 is 0 Å². The first-order chi connectivity index (χ1) is 11.0. The lowest BCUT2D eigenvalue weighted by Gasteiger charge is -2.08. The predicted molar refractivity (Wildman–Crippen MR) is 88.9 cm³/mol. The first-order valence-electron chi connectivity index (χ1n) is 6.76. The fourth-order valence-electron chi connectivity index (χ4n) is 2.11. The van der Waals surface area contributed by atoms with Gasteiger partial charge in [-0.15, -0.1) is 0 Å². The summed E-state index contributed by atoms with van der Waals surface area (Å²) in [6.07, 6.45) is 1.40. The number of nitrogens with one attached hydrogen (secondary N) is 1. The van der Waals surface area contributed by atoms with E-state index in [1.807, 2.05) is 30.3 Å². The summed E-state index contributed by atoms with van der Waals surface area (Å²) in [5, 5.41) is 0.380. The van der Waals surface area contributed by atoms with Crippen LogP contribution in [0.3, 0.4) is 0 Å². The number of oxazole rings is 1. The molecule has 0 saturated carbocycles. The average molecular weight is 349 g/mol. The van der Waals surface area contributed by atoms with Gasteiger partial charge in [-0.25, -0.2) is 13.1 Å². The van der Waals surface area contributed by atoms with E-state index in [4.69, 9.17) is 16.0 Å². The minimum atomic E-state index is -3.83. The van der Waals surface area contributed by atoms with Crippen LogP contribution in [-0.2, 0) is 10.0 Å². The Morgan fingerprint density at radius 1 is 1.09 bits per heavy atom. The van der Waals surface area contributed by atoms with Gasteiger partial charge in [0.25, 0.3) is 10.0 Å². The smallest absolute Gasteiger partial charge is 0.309 e. The van der Waals surface area contributed by atoms with Gasteiger partial charge in [0.1, 0.15) is 12.0 Å². The van der Waals surface area contributed by atoms with Gasteiger partial charge >= 0.3 is 6.01 Å². The molecule has 3 aromatic rings. The van der Waals surface area contributed by atoms with Crippen LogP contribution in [0.4, 0.5) is 6.01 Å². The Morgan fingerprint density at radius 2 is 1.83 bits per heavy atom. The van der Waals surface area contributed by atoms with Gasteiger partial charge in [-0.05, 0) is 24.6 Å². The average Bonchev–Trinajstić information content (AvgIpc) is 2.98. The lowest BCUT2D eigenvalue weighted by atomic mass is 10.2. The topological polar surface area (TPSA) is 72.2 Å². The van der Waals surface area contributed by atoms with E-state index in [1.165, 1.54) is 12.3 Å². The molecule has 3 rings (SSSR count). The monoisotopic (exact) mass is 348 g/mol. The molecule has 1 N–H and O–H groups in total. The Bertz CT molecular complexity index is 937. The van der Waals surface area contributed by atoms with Gasteiger partial charge in [-0.1, -0.05) is 48.0 Å². The van der Waals surface area contributed by atoms with Crippen molar-refractivity contribution in [2.75, 3.05) is 4.72 Å². The molecule has 0 radical (unpaired) electrons. The number of nitrogens with zero attached hydrogens (tertiary/aromatic N) is 1. The van der Waals surface area contributed by atoms with Gasteiger partial charge in [0.05, 0.1) is 4.90 Å². The van der Waals surface area contributed by atoms with Crippen LogP contribution in [0, 0.1) is 6.92 Å². The van der Waals surface area contributed by atoms with E-state index in [9.17, 15) is 8.42 Å². The van der Waals surface area contributed by atoms with Gasteiger partial charge in [0, 0.05) is 10.6 Å². The van der Waals surface area contributed by atoms with Crippen molar-refractivity contribution in [3.05, 3.63) is 65.4 Å². The second kappa shape index (κ2) is 6.06. The number of sulfonamides is 1. The zero-order valence-electron chi connectivity index (χ0n) is 12.2. The third-order valence-electron chi connectivity index (χ3n) is 3.30. The molecule has 0 amide bonds. The number of hydrogen-bond acceptors (Lipinski definition) is 4. The van der Waals surface area contributed by atoms with Crippen molar-refractivity contribution >= 4 is 27.6 Å². The summed E-state index contributed by atoms with van der Waals surface area (Å²) in [5.41, 5.74) is 1.85. The molecule has 7 heteroatoms. The molecule has 2 aromatic carbocycles. The molecular formula is C16H13ClN2O3S. The molecule has 0 aliphatic rings. The molecule has 1 heterocycles. The summed E-state index contributed by atoms with van der Waals surface area (Å²) in [6.45, 7) is 1.64. The first-order valence-corrected chi connectivity index (χ1v) is 8.62. The maximum Gasteiger partial charge on any atom is 0.309 e. The van der Waals surface area contributed by atoms with E-state index < -0.39 is 10.0 Å². The maximum absolute atomic E-state index is 12.5. The number of aromatic nitrogens is 1. The van der Waals surface area contributed by atoms with Crippen LogP contribution in [-0.4, -0.2) is 13.4 Å². The standard InChI is InChI=1S/C16H13ClN2O3S/c1-11-13(17)8-5-9-15(11)23(20,21)19-16-18-14(10-22-16)12-6-3-2-4-7-12/h2-10H,1H3,(H,18,19). The number of halogens is 1. The van der Waals surface area contributed by atoms with Crippen molar-refractivity contribution in [3.8, 4) is 11.3 Å². The number of anilines is 1. The molecule has 23 heavy (non-hydrogen) atoms. The fourth-order valence-corrected chi connectivity index (χ4v) is 3.55. The molecule has 118 valence electrons. The summed E-state index contributed by atoms with van der Waals surface area (Å²) < 4.78 is 32.4. The van der Waals surface area contributed by atoms with Crippen molar-refractivity contribution in [2.24, 2.45) is 0 Å².